The topological polar surface area (TPSA) is 17.1 Å². The van der Waals surface area contributed by atoms with Crippen LogP contribution in [0.2, 0.25) is 0 Å². The number of Topliss-reactive ketones (excluding diaryl/α,β-unsaturated/α-hetero) is 1. The summed E-state index contributed by atoms with van der Waals surface area (Å²) in [6.45, 7) is 9.01. The highest BCUT2D eigenvalue weighted by molar-refractivity contribution is 5.87. The van der Waals surface area contributed by atoms with Gasteiger partial charge in [-0.3, -0.25) is 4.79 Å². The summed E-state index contributed by atoms with van der Waals surface area (Å²) in [5.74, 6) is 1.16. The maximum atomic E-state index is 12.1. The Morgan fingerprint density at radius 2 is 1.88 bits per heavy atom. The fourth-order valence-corrected chi connectivity index (χ4v) is 2.99. The van der Waals surface area contributed by atoms with Crippen LogP contribution in [-0.2, 0) is 4.79 Å². The minimum Gasteiger partial charge on any atom is -0.299 e. The molecule has 0 aromatic carbocycles. The molecule has 0 aromatic heterocycles. The molecule has 90 valence electrons. The molecule has 0 aliphatic heterocycles. The quantitative estimate of drug-likeness (QED) is 0.561. The molecular formula is C15H24O. The molecule has 1 saturated carbocycles. The molecule has 0 spiro atoms. The van der Waals surface area contributed by atoms with Crippen LogP contribution in [0.4, 0.5) is 0 Å². The molecule has 0 radical (unpaired) electrons. The van der Waals surface area contributed by atoms with Crippen LogP contribution in [0.1, 0.15) is 59.8 Å². The lowest BCUT2D eigenvalue weighted by Crippen LogP contribution is -2.19. The molecule has 0 aromatic rings. The summed E-state index contributed by atoms with van der Waals surface area (Å²) in [6.07, 6.45) is 7.58. The van der Waals surface area contributed by atoms with E-state index in [-0.39, 0.29) is 5.41 Å². The van der Waals surface area contributed by atoms with Crippen LogP contribution < -0.4 is 0 Å². The van der Waals surface area contributed by atoms with E-state index in [0.29, 0.717) is 17.1 Å². The Kier molecular flexibility index (Phi) is 2.76. The second kappa shape index (κ2) is 3.72. The van der Waals surface area contributed by atoms with Gasteiger partial charge in [0.05, 0.1) is 0 Å². The molecule has 1 fully saturated rings. The monoisotopic (exact) mass is 220 g/mol. The number of rotatable bonds is 0. The van der Waals surface area contributed by atoms with Gasteiger partial charge in [-0.2, -0.15) is 0 Å². The van der Waals surface area contributed by atoms with Crippen LogP contribution in [0.5, 0.6) is 0 Å². The SMILES string of the molecule is CC1=CCC(C)(C)CC2CC2(C)C(=O)CC1. The van der Waals surface area contributed by atoms with Gasteiger partial charge in [-0.1, -0.05) is 32.4 Å². The van der Waals surface area contributed by atoms with Crippen molar-refractivity contribution in [1.29, 1.82) is 0 Å². The molecule has 2 unspecified atom stereocenters. The predicted octanol–water partition coefficient (Wildman–Crippen LogP) is 4.13. The fourth-order valence-electron chi connectivity index (χ4n) is 2.99. The third kappa shape index (κ3) is 2.23. The molecule has 0 saturated heterocycles. The van der Waals surface area contributed by atoms with Crippen molar-refractivity contribution in [3.8, 4) is 0 Å². The highest BCUT2D eigenvalue weighted by atomic mass is 16.1. The smallest absolute Gasteiger partial charge is 0.139 e. The minimum atomic E-state index is 0.0366. The van der Waals surface area contributed by atoms with E-state index in [2.05, 4.69) is 33.8 Å². The third-order valence-corrected chi connectivity index (χ3v) is 4.60. The van der Waals surface area contributed by atoms with Crippen molar-refractivity contribution in [2.45, 2.75) is 59.8 Å². The Bertz CT molecular complexity index is 337. The summed E-state index contributed by atoms with van der Waals surface area (Å²) >= 11 is 0. The highest BCUT2D eigenvalue weighted by Crippen LogP contribution is 2.58. The van der Waals surface area contributed by atoms with Crippen LogP contribution in [0.3, 0.4) is 0 Å². The summed E-state index contributed by atoms with van der Waals surface area (Å²) in [6, 6.07) is 0. The third-order valence-electron chi connectivity index (χ3n) is 4.60. The molecular weight excluding hydrogens is 196 g/mol. The summed E-state index contributed by atoms with van der Waals surface area (Å²) in [5.41, 5.74) is 1.79. The highest BCUT2D eigenvalue weighted by Gasteiger charge is 2.55. The summed E-state index contributed by atoms with van der Waals surface area (Å²) < 4.78 is 0. The number of hydrogen-bond donors (Lipinski definition) is 0. The van der Waals surface area contributed by atoms with Crippen LogP contribution in [0.15, 0.2) is 11.6 Å². The fraction of sp³-hybridized carbons (Fsp3) is 0.800. The van der Waals surface area contributed by atoms with E-state index >= 15 is 0 Å². The van der Waals surface area contributed by atoms with E-state index in [4.69, 9.17) is 0 Å². The van der Waals surface area contributed by atoms with E-state index < -0.39 is 0 Å². The molecule has 2 aliphatic rings. The van der Waals surface area contributed by atoms with Crippen LogP contribution in [0, 0.1) is 16.7 Å². The Morgan fingerprint density at radius 1 is 1.19 bits per heavy atom. The maximum absolute atomic E-state index is 12.1. The van der Waals surface area contributed by atoms with E-state index in [9.17, 15) is 4.79 Å². The average Bonchev–Trinajstić information content (AvgIpc) is 2.82. The predicted molar refractivity (Wildman–Crippen MR) is 67.2 cm³/mol. The number of carbonyl (C=O) groups is 1. The lowest BCUT2D eigenvalue weighted by atomic mass is 9.79. The van der Waals surface area contributed by atoms with Gasteiger partial charge in [0.15, 0.2) is 0 Å². The molecule has 2 aliphatic carbocycles. The van der Waals surface area contributed by atoms with Gasteiger partial charge in [0.2, 0.25) is 0 Å². The number of carbonyl (C=O) groups excluding carboxylic acids is 1. The van der Waals surface area contributed by atoms with Gasteiger partial charge >= 0.3 is 0 Å². The first-order chi connectivity index (χ1) is 7.33. The normalized spacial score (nSPS) is 38.6. The Morgan fingerprint density at radius 3 is 2.56 bits per heavy atom. The lowest BCUT2D eigenvalue weighted by Gasteiger charge is -2.25. The van der Waals surface area contributed by atoms with Crippen molar-refractivity contribution < 1.29 is 4.79 Å². The van der Waals surface area contributed by atoms with E-state index in [1.54, 1.807) is 0 Å². The molecule has 0 bridgehead atoms. The van der Waals surface area contributed by atoms with Crippen molar-refractivity contribution in [2.24, 2.45) is 16.7 Å². The first-order valence-corrected chi connectivity index (χ1v) is 6.52. The second-order valence-electron chi connectivity index (χ2n) is 6.86. The van der Waals surface area contributed by atoms with Crippen LogP contribution in [-0.4, -0.2) is 5.78 Å². The van der Waals surface area contributed by atoms with Gasteiger partial charge < -0.3 is 0 Å². The van der Waals surface area contributed by atoms with Crippen molar-refractivity contribution >= 4 is 5.78 Å². The first-order valence-electron chi connectivity index (χ1n) is 6.52. The molecule has 1 heteroatoms. The zero-order valence-corrected chi connectivity index (χ0v) is 11.1. The molecule has 2 atom stereocenters. The van der Waals surface area contributed by atoms with E-state index in [1.807, 2.05) is 0 Å². The average molecular weight is 220 g/mol. The van der Waals surface area contributed by atoms with Gasteiger partial charge in [-0.25, -0.2) is 0 Å². The summed E-state index contributed by atoms with van der Waals surface area (Å²) in [7, 11) is 0. The number of hydrogen-bond acceptors (Lipinski definition) is 1. The van der Waals surface area contributed by atoms with Crippen molar-refractivity contribution in [3.05, 3.63) is 11.6 Å². The van der Waals surface area contributed by atoms with E-state index in [0.717, 1.165) is 19.3 Å². The first kappa shape index (κ1) is 11.9. The van der Waals surface area contributed by atoms with Gasteiger partial charge in [-0.15, -0.1) is 0 Å². The van der Waals surface area contributed by atoms with Crippen molar-refractivity contribution in [2.75, 3.05) is 0 Å². The Balaban J connectivity index is 2.18. The summed E-state index contributed by atoms with van der Waals surface area (Å²) in [5, 5.41) is 0. The minimum absolute atomic E-state index is 0.0366. The zero-order valence-electron chi connectivity index (χ0n) is 11.1. The second-order valence-corrected chi connectivity index (χ2v) is 6.86. The largest absolute Gasteiger partial charge is 0.299 e. The lowest BCUT2D eigenvalue weighted by molar-refractivity contribution is -0.124. The number of allylic oxidation sites excluding steroid dienone is 2. The molecule has 2 rings (SSSR count). The molecule has 16 heavy (non-hydrogen) atoms. The molecule has 1 nitrogen and oxygen atoms in total. The molecule has 0 heterocycles. The Hall–Kier alpha value is -0.590. The molecule has 0 N–H and O–H groups in total. The zero-order chi connectivity index (χ0) is 12.0. The maximum Gasteiger partial charge on any atom is 0.139 e. The molecule has 0 amide bonds. The van der Waals surface area contributed by atoms with Gasteiger partial charge in [-0.05, 0) is 43.9 Å². The Labute approximate surface area is 99.3 Å². The van der Waals surface area contributed by atoms with Gasteiger partial charge in [0, 0.05) is 11.8 Å². The van der Waals surface area contributed by atoms with Crippen molar-refractivity contribution in [3.63, 3.8) is 0 Å². The standard InChI is InChI=1S/C15H24O/c1-11-5-6-13(16)15(4)10-12(15)9-14(2,3)8-7-11/h7,12H,5-6,8-10H2,1-4H3. The van der Waals surface area contributed by atoms with Crippen LogP contribution >= 0.6 is 0 Å². The van der Waals surface area contributed by atoms with Gasteiger partial charge in [0.1, 0.15) is 5.78 Å². The van der Waals surface area contributed by atoms with Crippen LogP contribution in [0.25, 0.3) is 0 Å². The van der Waals surface area contributed by atoms with E-state index in [1.165, 1.54) is 18.4 Å². The number of fused-ring (bicyclic) bond motifs is 1. The summed E-state index contributed by atoms with van der Waals surface area (Å²) in [4.78, 5) is 12.1. The number of ketones is 1. The van der Waals surface area contributed by atoms with Crippen molar-refractivity contribution in [1.82, 2.24) is 0 Å². The van der Waals surface area contributed by atoms with Gasteiger partial charge in [0.25, 0.3) is 0 Å².